The van der Waals surface area contributed by atoms with Crippen LogP contribution in [0, 0.1) is 13.8 Å². The fourth-order valence-electron chi connectivity index (χ4n) is 3.83. The molecule has 2 aromatic carbocycles. The third-order valence-corrected chi connectivity index (χ3v) is 6.69. The van der Waals surface area contributed by atoms with Gasteiger partial charge in [-0.05, 0) is 55.7 Å². The molecular weight excluding hydrogens is 448 g/mol. The fraction of sp³-hybridized carbons (Fsp3) is 0.308. The predicted molar refractivity (Wildman–Crippen MR) is 135 cm³/mol. The van der Waals surface area contributed by atoms with Gasteiger partial charge in [0.1, 0.15) is 0 Å². The molecule has 4 aromatic rings. The molecule has 7 nitrogen and oxygen atoms in total. The molecule has 2 heterocycles. The number of benzene rings is 2. The first-order valence-electron chi connectivity index (χ1n) is 11.1. The Hall–Kier alpha value is -3.52. The monoisotopic (exact) mass is 478 g/mol. The third-order valence-electron chi connectivity index (χ3n) is 5.83. The second-order valence-corrected chi connectivity index (χ2v) is 8.84. The van der Waals surface area contributed by atoms with Crippen molar-refractivity contribution in [1.82, 2.24) is 14.1 Å². The molecule has 2 aromatic heterocycles. The van der Waals surface area contributed by atoms with Gasteiger partial charge < -0.3 is 23.3 Å². The molecule has 4 rings (SSSR count). The lowest BCUT2D eigenvalue weighted by Gasteiger charge is -2.15. The zero-order chi connectivity index (χ0) is 24.1. The van der Waals surface area contributed by atoms with E-state index in [-0.39, 0.29) is 0 Å². The van der Waals surface area contributed by atoms with Gasteiger partial charge >= 0.3 is 0 Å². The Morgan fingerprint density at radius 2 is 1.71 bits per heavy atom. The molecule has 0 N–H and O–H groups in total. The van der Waals surface area contributed by atoms with E-state index in [1.165, 1.54) is 11.1 Å². The maximum Gasteiger partial charge on any atom is 0.203 e. The number of imidazole rings is 1. The Balaban J connectivity index is 1.79. The van der Waals surface area contributed by atoms with Crippen LogP contribution in [0.3, 0.4) is 0 Å². The molecule has 0 fully saturated rings. The summed E-state index contributed by atoms with van der Waals surface area (Å²) in [5.74, 6) is 1.83. The molecule has 0 aliphatic carbocycles. The lowest BCUT2D eigenvalue weighted by atomic mass is 10.1. The summed E-state index contributed by atoms with van der Waals surface area (Å²) in [6, 6.07) is 10.3. The van der Waals surface area contributed by atoms with Gasteiger partial charge in [-0.15, -0.1) is 11.3 Å². The van der Waals surface area contributed by atoms with E-state index in [1.54, 1.807) is 38.9 Å². The van der Waals surface area contributed by atoms with Gasteiger partial charge in [0.25, 0.3) is 0 Å². The maximum atomic E-state index is 5.59. The molecule has 178 valence electrons. The molecular formula is C26H30N4O3S. The lowest BCUT2D eigenvalue weighted by Crippen LogP contribution is -2.17. The summed E-state index contributed by atoms with van der Waals surface area (Å²) in [4.78, 5) is 10.1. The molecule has 0 amide bonds. The molecule has 0 aliphatic heterocycles. The smallest absolute Gasteiger partial charge is 0.203 e. The number of rotatable bonds is 9. The first kappa shape index (κ1) is 23.6. The number of thiazole rings is 1. The molecule has 0 atom stereocenters. The molecule has 0 bridgehead atoms. The van der Waals surface area contributed by atoms with E-state index >= 15 is 0 Å². The van der Waals surface area contributed by atoms with E-state index in [4.69, 9.17) is 19.2 Å². The zero-order valence-corrected chi connectivity index (χ0v) is 21.1. The molecule has 0 saturated carbocycles. The van der Waals surface area contributed by atoms with Gasteiger partial charge in [0.15, 0.2) is 16.3 Å². The minimum absolute atomic E-state index is 0.579. The topological polar surface area (TPSA) is 62.8 Å². The van der Waals surface area contributed by atoms with Crippen molar-refractivity contribution in [3.8, 4) is 28.5 Å². The quantitative estimate of drug-likeness (QED) is 0.324. The number of hydrogen-bond donors (Lipinski definition) is 0. The number of hydrogen-bond acceptors (Lipinski definition) is 6. The van der Waals surface area contributed by atoms with E-state index in [1.807, 2.05) is 24.7 Å². The number of methoxy groups -OCH3 is 3. The van der Waals surface area contributed by atoms with Crippen molar-refractivity contribution in [3.05, 3.63) is 70.4 Å². The second kappa shape index (κ2) is 10.6. The fourth-order valence-corrected chi connectivity index (χ4v) is 4.79. The maximum absolute atomic E-state index is 5.59. The summed E-state index contributed by atoms with van der Waals surface area (Å²) in [5, 5.41) is 2.14. The van der Waals surface area contributed by atoms with E-state index in [9.17, 15) is 0 Å². The highest BCUT2D eigenvalue weighted by Crippen LogP contribution is 2.41. The molecule has 8 heteroatoms. The molecule has 0 radical (unpaired) electrons. The van der Waals surface area contributed by atoms with Gasteiger partial charge in [-0.3, -0.25) is 0 Å². The van der Waals surface area contributed by atoms with Crippen LogP contribution in [0.1, 0.15) is 17.5 Å². The highest BCUT2D eigenvalue weighted by Gasteiger charge is 2.17. The van der Waals surface area contributed by atoms with Crippen molar-refractivity contribution in [2.45, 2.75) is 33.4 Å². The average Bonchev–Trinajstić information content (AvgIpc) is 3.51. The van der Waals surface area contributed by atoms with Crippen molar-refractivity contribution >= 4 is 17.0 Å². The largest absolute Gasteiger partial charge is 0.493 e. The Labute approximate surface area is 203 Å². The number of aryl methyl sites for hydroxylation is 3. The molecule has 0 aliphatic rings. The standard InChI is InChI=1S/C26H30N4O3S/c1-18-7-8-21(13-19(18)2)28-26-30(11-6-10-29-12-9-27-17-29)22(16-34-26)20-14-23(31-3)25(33-5)24(15-20)32-4/h7-9,12-17H,6,10-11H2,1-5H3. The first-order valence-corrected chi connectivity index (χ1v) is 12.0. The van der Waals surface area contributed by atoms with Crippen LogP contribution in [-0.2, 0) is 13.1 Å². The number of ether oxygens (including phenoxy) is 3. The molecule has 0 spiro atoms. The van der Waals surface area contributed by atoms with Crippen molar-refractivity contribution in [2.75, 3.05) is 21.3 Å². The van der Waals surface area contributed by atoms with Crippen molar-refractivity contribution in [2.24, 2.45) is 4.99 Å². The van der Waals surface area contributed by atoms with Crippen LogP contribution >= 0.6 is 11.3 Å². The van der Waals surface area contributed by atoms with Crippen molar-refractivity contribution in [1.29, 1.82) is 0 Å². The Morgan fingerprint density at radius 1 is 0.941 bits per heavy atom. The zero-order valence-electron chi connectivity index (χ0n) is 20.2. The van der Waals surface area contributed by atoms with E-state index in [0.717, 1.165) is 41.3 Å². The van der Waals surface area contributed by atoms with Crippen LogP contribution in [0.5, 0.6) is 17.2 Å². The average molecular weight is 479 g/mol. The molecule has 34 heavy (non-hydrogen) atoms. The van der Waals surface area contributed by atoms with Gasteiger partial charge in [0.05, 0.1) is 39.0 Å². The van der Waals surface area contributed by atoms with Crippen LogP contribution in [0.4, 0.5) is 5.69 Å². The van der Waals surface area contributed by atoms with Gasteiger partial charge in [-0.25, -0.2) is 9.98 Å². The van der Waals surface area contributed by atoms with E-state index in [0.29, 0.717) is 17.2 Å². The minimum atomic E-state index is 0.579. The SMILES string of the molecule is COc1cc(-c2csc(=Nc3ccc(C)c(C)c3)n2CCCn2ccnc2)cc(OC)c1OC. The third kappa shape index (κ3) is 5.02. The Kier molecular flexibility index (Phi) is 7.37. The number of nitrogens with zero attached hydrogens (tertiary/aromatic N) is 4. The highest BCUT2D eigenvalue weighted by molar-refractivity contribution is 7.07. The van der Waals surface area contributed by atoms with Crippen LogP contribution in [0.15, 0.2) is 59.4 Å². The summed E-state index contributed by atoms with van der Waals surface area (Å²) < 4.78 is 21.0. The van der Waals surface area contributed by atoms with Crippen LogP contribution in [0.2, 0.25) is 0 Å². The molecule has 0 unspecified atom stereocenters. The molecule has 0 saturated heterocycles. The number of aromatic nitrogens is 3. The van der Waals surface area contributed by atoms with Gasteiger partial charge in [-0.1, -0.05) is 6.07 Å². The summed E-state index contributed by atoms with van der Waals surface area (Å²) in [5.41, 5.74) is 5.47. The first-order chi connectivity index (χ1) is 16.5. The van der Waals surface area contributed by atoms with Crippen LogP contribution in [-0.4, -0.2) is 35.4 Å². The van der Waals surface area contributed by atoms with Crippen molar-refractivity contribution in [3.63, 3.8) is 0 Å². The highest BCUT2D eigenvalue weighted by atomic mass is 32.1. The predicted octanol–water partition coefficient (Wildman–Crippen LogP) is 5.38. The second-order valence-electron chi connectivity index (χ2n) is 8.00. The van der Waals surface area contributed by atoms with Gasteiger partial charge in [-0.2, -0.15) is 0 Å². The van der Waals surface area contributed by atoms with Gasteiger partial charge in [0.2, 0.25) is 5.75 Å². The van der Waals surface area contributed by atoms with Crippen LogP contribution in [0.25, 0.3) is 11.3 Å². The Morgan fingerprint density at radius 3 is 2.32 bits per heavy atom. The summed E-state index contributed by atoms with van der Waals surface area (Å²) in [6.07, 6.45) is 6.57. The summed E-state index contributed by atoms with van der Waals surface area (Å²) >= 11 is 1.62. The van der Waals surface area contributed by atoms with E-state index < -0.39 is 0 Å². The normalized spacial score (nSPS) is 11.6. The Bertz CT molecular complexity index is 1300. The van der Waals surface area contributed by atoms with Crippen molar-refractivity contribution < 1.29 is 14.2 Å². The lowest BCUT2D eigenvalue weighted by molar-refractivity contribution is 0.324. The van der Waals surface area contributed by atoms with Crippen LogP contribution < -0.4 is 19.0 Å². The van der Waals surface area contributed by atoms with Gasteiger partial charge in [0, 0.05) is 36.4 Å². The van der Waals surface area contributed by atoms with E-state index in [2.05, 4.69) is 51.5 Å². The summed E-state index contributed by atoms with van der Waals surface area (Å²) in [7, 11) is 4.88. The summed E-state index contributed by atoms with van der Waals surface area (Å²) in [6.45, 7) is 5.91. The minimum Gasteiger partial charge on any atom is -0.493 e.